The van der Waals surface area contributed by atoms with Crippen molar-refractivity contribution < 1.29 is 9.59 Å². The highest BCUT2D eigenvalue weighted by Gasteiger charge is 2.30. The van der Waals surface area contributed by atoms with Gasteiger partial charge in [0.25, 0.3) is 0 Å². The third-order valence-electron chi connectivity index (χ3n) is 5.25. The first-order valence-corrected chi connectivity index (χ1v) is 11.6. The van der Waals surface area contributed by atoms with Gasteiger partial charge in [-0.05, 0) is 30.3 Å². The summed E-state index contributed by atoms with van der Waals surface area (Å²) in [5, 5.41) is 0.244. The van der Waals surface area contributed by atoms with Crippen LogP contribution >= 0.6 is 34.9 Å². The summed E-state index contributed by atoms with van der Waals surface area (Å²) >= 11 is 13.9. The standard InChI is InChI=1S/C22H22Cl2N6O2S/c1-27(2)14-6-5-7-15(12-14)29(23)22(32)28-11-10-17-19(13-28)33-20(26-17)21(31)30(24)18-9-4-3-8-16(18)25/h3-9,12H,10-11,13,25H2,1-2H3. The van der Waals surface area contributed by atoms with Gasteiger partial charge >= 0.3 is 11.9 Å². The first-order valence-electron chi connectivity index (χ1n) is 10.1. The van der Waals surface area contributed by atoms with Crippen LogP contribution in [0.5, 0.6) is 0 Å². The Labute approximate surface area is 205 Å². The number of benzene rings is 2. The van der Waals surface area contributed by atoms with Crippen LogP contribution in [0.25, 0.3) is 0 Å². The number of hydrogen-bond donors (Lipinski definition) is 1. The molecule has 3 aromatic rings. The van der Waals surface area contributed by atoms with E-state index in [4.69, 9.17) is 29.3 Å². The van der Waals surface area contributed by atoms with E-state index in [9.17, 15) is 9.59 Å². The van der Waals surface area contributed by atoms with Gasteiger partial charge in [-0.2, -0.15) is 0 Å². The lowest BCUT2D eigenvalue weighted by molar-refractivity contribution is 0.100. The third kappa shape index (κ3) is 4.71. The van der Waals surface area contributed by atoms with Crippen molar-refractivity contribution in [3.8, 4) is 0 Å². The number of hydrogen-bond acceptors (Lipinski definition) is 6. The van der Waals surface area contributed by atoms with Crippen molar-refractivity contribution in [1.82, 2.24) is 9.88 Å². The maximum Gasteiger partial charge on any atom is 0.339 e. The lowest BCUT2D eigenvalue weighted by Gasteiger charge is -2.29. The van der Waals surface area contributed by atoms with Crippen LogP contribution in [-0.4, -0.2) is 42.5 Å². The molecule has 4 rings (SSSR count). The molecule has 0 aliphatic carbocycles. The van der Waals surface area contributed by atoms with Crippen LogP contribution in [0.4, 0.5) is 27.5 Å². The second-order valence-corrected chi connectivity index (χ2v) is 9.44. The van der Waals surface area contributed by atoms with Crippen molar-refractivity contribution in [3.05, 3.63) is 64.1 Å². The molecule has 2 N–H and O–H groups in total. The molecule has 2 aromatic carbocycles. The summed E-state index contributed by atoms with van der Waals surface area (Å²) in [4.78, 5) is 34.8. The smallest absolute Gasteiger partial charge is 0.339 e. The fourth-order valence-electron chi connectivity index (χ4n) is 3.44. The highest BCUT2D eigenvalue weighted by Crippen LogP contribution is 2.31. The number of nitrogen functional groups attached to an aromatic ring is 1. The number of carbonyl (C=O) groups is 2. The van der Waals surface area contributed by atoms with Crippen molar-refractivity contribution >= 4 is 69.6 Å². The molecule has 1 aliphatic heterocycles. The van der Waals surface area contributed by atoms with Crippen LogP contribution in [0.3, 0.4) is 0 Å². The number of halogens is 2. The molecule has 0 unspecified atom stereocenters. The average molecular weight is 505 g/mol. The molecule has 2 heterocycles. The van der Waals surface area contributed by atoms with Gasteiger partial charge in [0, 0.05) is 61.2 Å². The number of aromatic nitrogens is 1. The van der Waals surface area contributed by atoms with Crippen molar-refractivity contribution in [2.24, 2.45) is 0 Å². The number of anilines is 4. The molecule has 0 fully saturated rings. The fraction of sp³-hybridized carbons (Fsp3) is 0.227. The minimum atomic E-state index is -0.466. The number of thiazole rings is 1. The maximum absolute atomic E-state index is 13.0. The van der Waals surface area contributed by atoms with Crippen molar-refractivity contribution in [1.29, 1.82) is 0 Å². The van der Waals surface area contributed by atoms with Gasteiger partial charge in [0.15, 0.2) is 5.01 Å². The number of carbonyl (C=O) groups excluding carboxylic acids is 2. The number of nitrogens with two attached hydrogens (primary N) is 1. The first-order chi connectivity index (χ1) is 15.8. The van der Waals surface area contributed by atoms with Gasteiger partial charge in [-0.1, -0.05) is 18.2 Å². The second kappa shape index (κ2) is 9.46. The van der Waals surface area contributed by atoms with Gasteiger partial charge < -0.3 is 15.5 Å². The fourth-order valence-corrected chi connectivity index (χ4v) is 4.99. The van der Waals surface area contributed by atoms with E-state index < -0.39 is 5.91 Å². The normalized spacial score (nSPS) is 12.8. The first kappa shape index (κ1) is 23.2. The molecular weight excluding hydrogens is 483 g/mol. The zero-order valence-corrected chi connectivity index (χ0v) is 20.4. The van der Waals surface area contributed by atoms with Gasteiger partial charge in [-0.3, -0.25) is 4.79 Å². The summed E-state index contributed by atoms with van der Waals surface area (Å²) in [6.07, 6.45) is 0.517. The molecule has 0 spiro atoms. The molecule has 0 bridgehead atoms. The highest BCUT2D eigenvalue weighted by atomic mass is 35.5. The van der Waals surface area contributed by atoms with E-state index in [1.807, 2.05) is 37.2 Å². The van der Waals surface area contributed by atoms with Crippen molar-refractivity contribution in [2.75, 3.05) is 40.1 Å². The molecule has 8 nitrogen and oxygen atoms in total. The molecule has 1 aliphatic rings. The van der Waals surface area contributed by atoms with Gasteiger partial charge in [0.1, 0.15) is 0 Å². The lowest BCUT2D eigenvalue weighted by Crippen LogP contribution is -2.41. The van der Waals surface area contributed by atoms with Crippen LogP contribution in [0, 0.1) is 0 Å². The summed E-state index contributed by atoms with van der Waals surface area (Å²) in [6, 6.07) is 13.9. The van der Waals surface area contributed by atoms with Gasteiger partial charge in [0.05, 0.1) is 29.3 Å². The van der Waals surface area contributed by atoms with Crippen LogP contribution in [0.15, 0.2) is 48.5 Å². The predicted molar refractivity (Wildman–Crippen MR) is 134 cm³/mol. The van der Waals surface area contributed by atoms with E-state index in [1.54, 1.807) is 35.2 Å². The lowest BCUT2D eigenvalue weighted by atomic mass is 10.2. The third-order valence-corrected chi connectivity index (χ3v) is 7.00. The Morgan fingerprint density at radius 3 is 2.52 bits per heavy atom. The summed E-state index contributed by atoms with van der Waals surface area (Å²) in [6.45, 7) is 0.751. The Kier molecular flexibility index (Phi) is 6.64. The molecule has 3 amide bonds. The Hall–Kier alpha value is -3.01. The number of urea groups is 1. The summed E-state index contributed by atoms with van der Waals surface area (Å²) in [7, 11) is 3.84. The van der Waals surface area contributed by atoms with E-state index in [-0.39, 0.29) is 11.0 Å². The van der Waals surface area contributed by atoms with Crippen LogP contribution < -0.4 is 19.5 Å². The molecule has 0 saturated carbocycles. The van der Waals surface area contributed by atoms with Gasteiger partial charge in [-0.15, -0.1) is 11.3 Å². The maximum atomic E-state index is 13.0. The van der Waals surface area contributed by atoms with Gasteiger partial charge in [0.2, 0.25) is 0 Å². The number of rotatable bonds is 4. The minimum Gasteiger partial charge on any atom is -0.397 e. The highest BCUT2D eigenvalue weighted by molar-refractivity contribution is 7.14. The van der Waals surface area contributed by atoms with Crippen LogP contribution in [0.2, 0.25) is 0 Å². The molecule has 0 radical (unpaired) electrons. The Morgan fingerprint density at radius 2 is 1.79 bits per heavy atom. The molecule has 172 valence electrons. The van der Waals surface area contributed by atoms with E-state index >= 15 is 0 Å². The van der Waals surface area contributed by atoms with Crippen LogP contribution in [-0.2, 0) is 13.0 Å². The van der Waals surface area contributed by atoms with E-state index in [0.717, 1.165) is 25.1 Å². The molecule has 11 heteroatoms. The Bertz CT molecular complexity index is 1200. The van der Waals surface area contributed by atoms with Crippen molar-refractivity contribution in [3.63, 3.8) is 0 Å². The summed E-state index contributed by atoms with van der Waals surface area (Å²) in [5.41, 5.74) is 9.01. The number of nitrogens with zero attached hydrogens (tertiary/aromatic N) is 5. The Morgan fingerprint density at radius 1 is 1.06 bits per heavy atom. The molecule has 0 atom stereocenters. The van der Waals surface area contributed by atoms with Gasteiger partial charge in [-0.25, -0.2) is 18.6 Å². The second-order valence-electron chi connectivity index (χ2n) is 7.68. The van der Waals surface area contributed by atoms with E-state index in [0.29, 0.717) is 36.6 Å². The minimum absolute atomic E-state index is 0.244. The molecule has 1 aromatic heterocycles. The molecule has 0 saturated heterocycles. The quantitative estimate of drug-likeness (QED) is 0.409. The van der Waals surface area contributed by atoms with E-state index in [1.165, 1.54) is 11.3 Å². The van der Waals surface area contributed by atoms with Crippen LogP contribution in [0.1, 0.15) is 20.4 Å². The zero-order chi connectivity index (χ0) is 23.7. The topological polar surface area (TPSA) is 86.0 Å². The largest absolute Gasteiger partial charge is 0.397 e. The molecular formula is C22H22Cl2N6O2S. The SMILES string of the molecule is CN(C)c1cccc(N(Cl)C(=O)N2CCc3nc(C(=O)N(Cl)c4ccccc4N)sc3C2)c1. The van der Waals surface area contributed by atoms with E-state index in [2.05, 4.69) is 4.98 Å². The number of amides is 3. The monoisotopic (exact) mass is 504 g/mol. The summed E-state index contributed by atoms with van der Waals surface area (Å²) < 4.78 is 2.09. The number of fused-ring (bicyclic) bond motifs is 1. The number of para-hydroxylation sites is 2. The zero-order valence-electron chi connectivity index (χ0n) is 18.0. The Balaban J connectivity index is 1.49. The molecule has 33 heavy (non-hydrogen) atoms. The summed E-state index contributed by atoms with van der Waals surface area (Å²) in [5.74, 6) is -0.466. The van der Waals surface area contributed by atoms with Crippen molar-refractivity contribution in [2.45, 2.75) is 13.0 Å². The predicted octanol–water partition coefficient (Wildman–Crippen LogP) is 4.73. The average Bonchev–Trinajstić information content (AvgIpc) is 3.26.